The molecule has 0 fully saturated rings. The van der Waals surface area contributed by atoms with Crippen molar-refractivity contribution < 1.29 is 14.3 Å². The van der Waals surface area contributed by atoms with Crippen molar-refractivity contribution in [2.24, 2.45) is 0 Å². The highest BCUT2D eigenvalue weighted by Crippen LogP contribution is 2.27. The maximum Gasteiger partial charge on any atom is 0.330 e. The molecule has 1 heterocycles. The maximum absolute atomic E-state index is 11.9. The molecule has 6 nitrogen and oxygen atoms in total. The number of carbonyl (C=O) groups is 2. The quantitative estimate of drug-likeness (QED) is 0.623. The zero-order valence-electron chi connectivity index (χ0n) is 12.2. The van der Waals surface area contributed by atoms with Crippen LogP contribution in [0.1, 0.15) is 36.8 Å². The number of ether oxygens (including phenoxy) is 1. The van der Waals surface area contributed by atoms with Crippen molar-refractivity contribution in [1.82, 2.24) is 15.0 Å². The van der Waals surface area contributed by atoms with Gasteiger partial charge in [-0.1, -0.05) is 42.5 Å². The van der Waals surface area contributed by atoms with E-state index in [9.17, 15) is 9.59 Å². The Bertz CT molecular complexity index is 649. The van der Waals surface area contributed by atoms with Crippen LogP contribution in [0.25, 0.3) is 11.3 Å². The van der Waals surface area contributed by atoms with Crippen LogP contribution in [-0.4, -0.2) is 33.9 Å². The number of Topliss-reactive ketones (excluding diaryl/α,β-unsaturated/α-hetero) is 1. The van der Waals surface area contributed by atoms with Gasteiger partial charge >= 0.3 is 5.97 Å². The summed E-state index contributed by atoms with van der Waals surface area (Å²) < 4.78 is 6.28. The zero-order valence-corrected chi connectivity index (χ0v) is 12.2. The van der Waals surface area contributed by atoms with E-state index in [1.165, 1.54) is 18.7 Å². The standard InChI is InChI=1S/C15H17N3O3/c1-4-12(15(20)21-3)18-14(11-8-6-5-7-9-11)13(10(2)19)16-17-18/h5-9,12H,4H2,1-3H3. The minimum absolute atomic E-state index is 0.195. The molecule has 0 amide bonds. The number of aromatic nitrogens is 3. The van der Waals surface area contributed by atoms with Crippen molar-refractivity contribution in [2.75, 3.05) is 7.11 Å². The van der Waals surface area contributed by atoms with Gasteiger partial charge in [-0.3, -0.25) is 4.79 Å². The van der Waals surface area contributed by atoms with Crippen LogP contribution < -0.4 is 0 Å². The average molecular weight is 287 g/mol. The lowest BCUT2D eigenvalue weighted by Gasteiger charge is -2.15. The molecule has 0 bridgehead atoms. The molecule has 0 aliphatic carbocycles. The Morgan fingerprint density at radius 2 is 1.95 bits per heavy atom. The highest BCUT2D eigenvalue weighted by molar-refractivity contribution is 5.98. The molecular formula is C15H17N3O3. The molecule has 0 spiro atoms. The van der Waals surface area contributed by atoms with Gasteiger partial charge in [-0.15, -0.1) is 5.10 Å². The first-order chi connectivity index (χ1) is 10.1. The Balaban J connectivity index is 2.62. The second-order valence-electron chi connectivity index (χ2n) is 4.60. The van der Waals surface area contributed by atoms with Crippen molar-refractivity contribution in [3.05, 3.63) is 36.0 Å². The SMILES string of the molecule is CCC(C(=O)OC)n1nnc(C(C)=O)c1-c1ccccc1. The van der Waals surface area contributed by atoms with Gasteiger partial charge in [0.2, 0.25) is 0 Å². The van der Waals surface area contributed by atoms with E-state index in [1.54, 1.807) is 0 Å². The third kappa shape index (κ3) is 2.84. The fourth-order valence-electron chi connectivity index (χ4n) is 2.19. The molecule has 21 heavy (non-hydrogen) atoms. The highest BCUT2D eigenvalue weighted by Gasteiger charge is 2.27. The van der Waals surface area contributed by atoms with E-state index in [4.69, 9.17) is 4.74 Å². The van der Waals surface area contributed by atoms with Crippen molar-refractivity contribution in [2.45, 2.75) is 26.3 Å². The fourth-order valence-corrected chi connectivity index (χ4v) is 2.19. The number of nitrogens with zero attached hydrogens (tertiary/aromatic N) is 3. The maximum atomic E-state index is 11.9. The molecule has 1 aromatic carbocycles. The summed E-state index contributed by atoms with van der Waals surface area (Å²) in [5.74, 6) is -0.602. The van der Waals surface area contributed by atoms with Crippen LogP contribution in [0.4, 0.5) is 0 Å². The van der Waals surface area contributed by atoms with E-state index in [1.807, 2.05) is 37.3 Å². The lowest BCUT2D eigenvalue weighted by atomic mass is 10.1. The summed E-state index contributed by atoms with van der Waals surface area (Å²) in [6.45, 7) is 3.28. The van der Waals surface area contributed by atoms with E-state index >= 15 is 0 Å². The molecule has 0 saturated heterocycles. The van der Waals surface area contributed by atoms with E-state index in [2.05, 4.69) is 10.3 Å². The first-order valence-electron chi connectivity index (χ1n) is 6.69. The average Bonchev–Trinajstić information content (AvgIpc) is 2.93. The van der Waals surface area contributed by atoms with Gasteiger partial charge in [0.05, 0.1) is 7.11 Å². The molecule has 2 aromatic rings. The number of hydrogen-bond acceptors (Lipinski definition) is 5. The lowest BCUT2D eigenvalue weighted by Crippen LogP contribution is -2.22. The molecule has 1 aromatic heterocycles. The molecule has 110 valence electrons. The van der Waals surface area contributed by atoms with E-state index in [-0.39, 0.29) is 11.5 Å². The number of benzene rings is 1. The summed E-state index contributed by atoms with van der Waals surface area (Å²) in [4.78, 5) is 23.7. The van der Waals surface area contributed by atoms with Crippen molar-refractivity contribution in [3.8, 4) is 11.3 Å². The summed E-state index contributed by atoms with van der Waals surface area (Å²) in [6.07, 6.45) is 0.493. The number of carbonyl (C=O) groups excluding carboxylic acids is 2. The van der Waals surface area contributed by atoms with Gasteiger partial charge in [-0.2, -0.15) is 0 Å². The normalized spacial score (nSPS) is 12.0. The molecule has 6 heteroatoms. The number of methoxy groups -OCH3 is 1. The van der Waals surface area contributed by atoms with Crippen LogP contribution in [0.5, 0.6) is 0 Å². The first-order valence-corrected chi connectivity index (χ1v) is 6.69. The smallest absolute Gasteiger partial charge is 0.330 e. The first kappa shape index (κ1) is 14.9. The predicted molar refractivity (Wildman–Crippen MR) is 76.8 cm³/mol. The van der Waals surface area contributed by atoms with E-state index in [0.717, 1.165) is 5.56 Å². The number of hydrogen-bond donors (Lipinski definition) is 0. The van der Waals surface area contributed by atoms with Crippen molar-refractivity contribution in [1.29, 1.82) is 0 Å². The molecule has 0 aliphatic rings. The van der Waals surface area contributed by atoms with Crippen LogP contribution in [0.15, 0.2) is 30.3 Å². The van der Waals surface area contributed by atoms with Gasteiger partial charge in [-0.25, -0.2) is 9.48 Å². The van der Waals surface area contributed by atoms with E-state index in [0.29, 0.717) is 12.1 Å². The Labute approximate surface area is 122 Å². The summed E-state index contributed by atoms with van der Waals surface area (Å²) in [5, 5.41) is 7.93. The highest BCUT2D eigenvalue weighted by atomic mass is 16.5. The Morgan fingerprint density at radius 1 is 1.29 bits per heavy atom. The number of esters is 1. The zero-order chi connectivity index (χ0) is 15.4. The summed E-state index contributed by atoms with van der Waals surface area (Å²) >= 11 is 0. The molecular weight excluding hydrogens is 270 g/mol. The van der Waals surface area contributed by atoms with Gasteiger partial charge in [0, 0.05) is 12.5 Å². The van der Waals surface area contributed by atoms with Gasteiger partial charge in [0.1, 0.15) is 5.69 Å². The molecule has 1 unspecified atom stereocenters. The minimum Gasteiger partial charge on any atom is -0.467 e. The van der Waals surface area contributed by atoms with Crippen LogP contribution in [0.2, 0.25) is 0 Å². The molecule has 1 atom stereocenters. The van der Waals surface area contributed by atoms with Gasteiger partial charge < -0.3 is 4.74 Å². The lowest BCUT2D eigenvalue weighted by molar-refractivity contribution is -0.145. The van der Waals surface area contributed by atoms with Crippen LogP contribution in [0.3, 0.4) is 0 Å². The predicted octanol–water partition coefficient (Wildman–Crippen LogP) is 2.27. The molecule has 0 N–H and O–H groups in total. The molecule has 2 rings (SSSR count). The van der Waals surface area contributed by atoms with Crippen LogP contribution in [-0.2, 0) is 9.53 Å². The Kier molecular flexibility index (Phi) is 4.47. The molecule has 0 saturated carbocycles. The Hall–Kier alpha value is -2.50. The van der Waals surface area contributed by atoms with Gasteiger partial charge in [0.25, 0.3) is 0 Å². The third-order valence-corrected chi connectivity index (χ3v) is 3.23. The minimum atomic E-state index is -0.606. The summed E-state index contributed by atoms with van der Waals surface area (Å²) in [5.41, 5.74) is 1.58. The second-order valence-corrected chi connectivity index (χ2v) is 4.60. The molecule has 0 radical (unpaired) electrons. The van der Waals surface area contributed by atoms with Crippen LogP contribution >= 0.6 is 0 Å². The van der Waals surface area contributed by atoms with Crippen LogP contribution in [0, 0.1) is 0 Å². The van der Waals surface area contributed by atoms with Crippen molar-refractivity contribution in [3.63, 3.8) is 0 Å². The third-order valence-electron chi connectivity index (χ3n) is 3.23. The topological polar surface area (TPSA) is 74.1 Å². The second kappa shape index (κ2) is 6.30. The number of ketones is 1. The summed E-state index contributed by atoms with van der Waals surface area (Å²) in [7, 11) is 1.33. The largest absolute Gasteiger partial charge is 0.467 e. The summed E-state index contributed by atoms with van der Waals surface area (Å²) in [6, 6.07) is 8.69. The molecule has 0 aliphatic heterocycles. The van der Waals surface area contributed by atoms with E-state index < -0.39 is 12.0 Å². The fraction of sp³-hybridized carbons (Fsp3) is 0.333. The Morgan fingerprint density at radius 3 is 2.48 bits per heavy atom. The number of rotatable bonds is 5. The van der Waals surface area contributed by atoms with Crippen molar-refractivity contribution >= 4 is 11.8 Å². The van der Waals surface area contributed by atoms with Gasteiger partial charge in [0.15, 0.2) is 17.5 Å². The van der Waals surface area contributed by atoms with Gasteiger partial charge in [-0.05, 0) is 6.42 Å². The monoisotopic (exact) mass is 287 g/mol.